The first-order chi connectivity index (χ1) is 12.5. The number of rotatable bonds is 6. The van der Waals surface area contributed by atoms with Gasteiger partial charge < -0.3 is 14.8 Å². The molecule has 2 aromatic heterocycles. The highest BCUT2D eigenvalue weighted by molar-refractivity contribution is 5.99. The van der Waals surface area contributed by atoms with Crippen molar-refractivity contribution in [3.05, 3.63) is 58.0 Å². The molecule has 0 radical (unpaired) electrons. The summed E-state index contributed by atoms with van der Waals surface area (Å²) in [7, 11) is 2.74. The number of benzene rings is 1. The van der Waals surface area contributed by atoms with Crippen LogP contribution in [0.25, 0.3) is 5.65 Å². The summed E-state index contributed by atoms with van der Waals surface area (Å²) in [5.41, 5.74) is 0.113. The Morgan fingerprint density at radius 3 is 2.65 bits per heavy atom. The van der Waals surface area contributed by atoms with Crippen molar-refractivity contribution >= 4 is 17.2 Å². The molecule has 0 saturated carbocycles. The Labute approximate surface area is 147 Å². The van der Waals surface area contributed by atoms with Crippen LogP contribution >= 0.6 is 0 Å². The monoisotopic (exact) mass is 357 g/mol. The number of pyridine rings is 1. The number of methoxy groups -OCH3 is 2. The molecule has 2 heterocycles. The number of ether oxygens (including phenoxy) is 2. The number of fused-ring (bicyclic) bond motifs is 1. The van der Waals surface area contributed by atoms with Crippen LogP contribution in [-0.2, 0) is 6.54 Å². The van der Waals surface area contributed by atoms with Crippen LogP contribution in [0.15, 0.2) is 36.5 Å². The van der Waals surface area contributed by atoms with Crippen molar-refractivity contribution in [2.24, 2.45) is 0 Å². The topological polar surface area (TPSA) is 121 Å². The summed E-state index contributed by atoms with van der Waals surface area (Å²) >= 11 is 0. The van der Waals surface area contributed by atoms with Gasteiger partial charge in [-0.2, -0.15) is 0 Å². The molecule has 0 saturated heterocycles. The van der Waals surface area contributed by atoms with Gasteiger partial charge in [0.05, 0.1) is 31.8 Å². The van der Waals surface area contributed by atoms with Crippen molar-refractivity contribution in [3.8, 4) is 11.5 Å². The number of hydrogen-bond donors (Lipinski definition) is 1. The number of hydrogen-bond acceptors (Lipinski definition) is 7. The van der Waals surface area contributed by atoms with Gasteiger partial charge in [0.25, 0.3) is 11.6 Å². The number of nitro benzene ring substituents is 1. The summed E-state index contributed by atoms with van der Waals surface area (Å²) in [5, 5.41) is 21.9. The largest absolute Gasteiger partial charge is 0.493 e. The number of amides is 1. The molecule has 26 heavy (non-hydrogen) atoms. The number of carbonyl (C=O) groups is 1. The number of nitrogens with one attached hydrogen (secondary N) is 1. The van der Waals surface area contributed by atoms with E-state index < -0.39 is 10.8 Å². The summed E-state index contributed by atoms with van der Waals surface area (Å²) in [5.74, 6) is 0.248. The van der Waals surface area contributed by atoms with E-state index in [-0.39, 0.29) is 29.3 Å². The molecule has 0 aliphatic heterocycles. The summed E-state index contributed by atoms with van der Waals surface area (Å²) in [6.07, 6.45) is 1.76. The van der Waals surface area contributed by atoms with E-state index in [2.05, 4.69) is 15.5 Å². The molecule has 0 atom stereocenters. The van der Waals surface area contributed by atoms with Crippen molar-refractivity contribution in [1.82, 2.24) is 19.9 Å². The second-order valence-electron chi connectivity index (χ2n) is 5.21. The second kappa shape index (κ2) is 7.05. The minimum Gasteiger partial charge on any atom is -0.493 e. The van der Waals surface area contributed by atoms with Crippen molar-refractivity contribution in [2.45, 2.75) is 6.54 Å². The Bertz CT molecular complexity index is 984. The number of nitro groups is 1. The first-order valence-corrected chi connectivity index (χ1v) is 7.52. The summed E-state index contributed by atoms with van der Waals surface area (Å²) < 4.78 is 11.9. The van der Waals surface area contributed by atoms with Gasteiger partial charge in [-0.25, -0.2) is 0 Å². The van der Waals surface area contributed by atoms with E-state index in [1.807, 2.05) is 6.07 Å². The standard InChI is InChI=1S/C16H15N5O5/c1-25-12-7-10(11(21(23)24)8-13(12)26-2)16(22)17-9-15-19-18-14-5-3-4-6-20(14)15/h3-8H,9H2,1-2H3,(H,17,22). The Balaban J connectivity index is 1.88. The van der Waals surface area contributed by atoms with E-state index in [1.165, 1.54) is 20.3 Å². The predicted octanol–water partition coefficient (Wildman–Crippen LogP) is 1.58. The lowest BCUT2D eigenvalue weighted by Gasteiger charge is -2.10. The van der Waals surface area contributed by atoms with Gasteiger partial charge in [-0.05, 0) is 12.1 Å². The van der Waals surface area contributed by atoms with Crippen LogP contribution in [0.3, 0.4) is 0 Å². The third kappa shape index (κ3) is 3.11. The van der Waals surface area contributed by atoms with Gasteiger partial charge in [0.1, 0.15) is 5.56 Å². The maximum absolute atomic E-state index is 12.5. The minimum atomic E-state index is -0.649. The highest BCUT2D eigenvalue weighted by Gasteiger charge is 2.24. The molecular weight excluding hydrogens is 342 g/mol. The zero-order valence-electron chi connectivity index (χ0n) is 14.0. The third-order valence-corrected chi connectivity index (χ3v) is 3.73. The lowest BCUT2D eigenvalue weighted by Crippen LogP contribution is -2.25. The molecule has 3 rings (SSSR count). The highest BCUT2D eigenvalue weighted by atomic mass is 16.6. The summed E-state index contributed by atoms with van der Waals surface area (Å²) in [6, 6.07) is 7.83. The van der Waals surface area contributed by atoms with Gasteiger partial charge in [-0.1, -0.05) is 6.07 Å². The smallest absolute Gasteiger partial charge is 0.286 e. The average Bonchev–Trinajstić information content (AvgIpc) is 3.08. The predicted molar refractivity (Wildman–Crippen MR) is 90.4 cm³/mol. The van der Waals surface area contributed by atoms with Crippen LogP contribution in [0.1, 0.15) is 16.2 Å². The van der Waals surface area contributed by atoms with Crippen LogP contribution in [0.5, 0.6) is 11.5 Å². The second-order valence-corrected chi connectivity index (χ2v) is 5.21. The fourth-order valence-electron chi connectivity index (χ4n) is 2.47. The lowest BCUT2D eigenvalue weighted by molar-refractivity contribution is -0.385. The molecule has 1 amide bonds. The molecule has 3 aromatic rings. The van der Waals surface area contributed by atoms with Crippen LogP contribution in [0.4, 0.5) is 5.69 Å². The minimum absolute atomic E-state index is 0.0511. The maximum atomic E-state index is 12.5. The van der Waals surface area contributed by atoms with Crippen molar-refractivity contribution in [1.29, 1.82) is 0 Å². The molecule has 0 unspecified atom stereocenters. The Morgan fingerprint density at radius 1 is 1.23 bits per heavy atom. The summed E-state index contributed by atoms with van der Waals surface area (Å²) in [6.45, 7) is 0.0511. The molecule has 0 aliphatic carbocycles. The quantitative estimate of drug-likeness (QED) is 0.525. The Hall–Kier alpha value is -3.69. The molecule has 10 heteroatoms. The van der Waals surface area contributed by atoms with Crippen LogP contribution in [0, 0.1) is 10.1 Å². The zero-order chi connectivity index (χ0) is 18.7. The molecule has 0 spiro atoms. The lowest BCUT2D eigenvalue weighted by atomic mass is 10.1. The SMILES string of the molecule is COc1cc(C(=O)NCc2nnc3ccccn23)c([N+](=O)[O-])cc1OC. The van der Waals surface area contributed by atoms with Crippen LogP contribution in [-0.4, -0.2) is 39.6 Å². The van der Waals surface area contributed by atoms with Crippen molar-refractivity contribution in [2.75, 3.05) is 14.2 Å². The van der Waals surface area contributed by atoms with E-state index in [1.54, 1.807) is 22.7 Å². The molecule has 134 valence electrons. The zero-order valence-corrected chi connectivity index (χ0v) is 14.0. The highest BCUT2D eigenvalue weighted by Crippen LogP contribution is 2.34. The molecule has 1 aromatic carbocycles. The molecular formula is C16H15N5O5. The van der Waals surface area contributed by atoms with Gasteiger partial charge in [0, 0.05) is 12.3 Å². The Kier molecular flexibility index (Phi) is 4.65. The van der Waals surface area contributed by atoms with E-state index in [0.717, 1.165) is 6.07 Å². The fourth-order valence-corrected chi connectivity index (χ4v) is 2.47. The van der Waals surface area contributed by atoms with Gasteiger partial charge in [0.2, 0.25) is 0 Å². The van der Waals surface area contributed by atoms with E-state index in [9.17, 15) is 14.9 Å². The number of carbonyl (C=O) groups excluding carboxylic acids is 1. The van der Waals surface area contributed by atoms with Crippen molar-refractivity contribution < 1.29 is 19.2 Å². The van der Waals surface area contributed by atoms with Gasteiger partial charge in [-0.15, -0.1) is 10.2 Å². The average molecular weight is 357 g/mol. The van der Waals surface area contributed by atoms with Crippen LogP contribution in [0.2, 0.25) is 0 Å². The van der Waals surface area contributed by atoms with E-state index in [4.69, 9.17) is 9.47 Å². The molecule has 1 N–H and O–H groups in total. The molecule has 0 aliphatic rings. The molecule has 0 bridgehead atoms. The molecule has 10 nitrogen and oxygen atoms in total. The molecule has 0 fully saturated rings. The van der Waals surface area contributed by atoms with Crippen molar-refractivity contribution in [3.63, 3.8) is 0 Å². The Morgan fingerprint density at radius 2 is 1.96 bits per heavy atom. The first-order valence-electron chi connectivity index (χ1n) is 7.52. The van der Waals surface area contributed by atoms with E-state index in [0.29, 0.717) is 11.5 Å². The van der Waals surface area contributed by atoms with Gasteiger partial charge >= 0.3 is 0 Å². The van der Waals surface area contributed by atoms with Gasteiger partial charge in [0.15, 0.2) is 23.0 Å². The third-order valence-electron chi connectivity index (χ3n) is 3.73. The maximum Gasteiger partial charge on any atom is 0.286 e. The normalized spacial score (nSPS) is 10.5. The summed E-state index contributed by atoms with van der Waals surface area (Å²) in [4.78, 5) is 23.2. The van der Waals surface area contributed by atoms with Gasteiger partial charge in [-0.3, -0.25) is 19.3 Å². The number of nitrogens with zero attached hydrogens (tertiary/aromatic N) is 4. The number of aromatic nitrogens is 3. The van der Waals surface area contributed by atoms with E-state index >= 15 is 0 Å². The van der Waals surface area contributed by atoms with Crippen LogP contribution < -0.4 is 14.8 Å². The fraction of sp³-hybridized carbons (Fsp3) is 0.188. The first kappa shape index (κ1) is 17.1.